The van der Waals surface area contributed by atoms with Crippen LogP contribution >= 0.6 is 0 Å². The van der Waals surface area contributed by atoms with Crippen molar-refractivity contribution in [3.8, 4) is 0 Å². The number of hydrogen-bond acceptors (Lipinski definition) is 4. The van der Waals surface area contributed by atoms with E-state index >= 15 is 0 Å². The number of morpholine rings is 1. The first-order valence-corrected chi connectivity index (χ1v) is 9.17. The molecule has 4 rings (SSSR count). The summed E-state index contributed by atoms with van der Waals surface area (Å²) in [5.41, 5.74) is 0.577. The normalized spacial score (nSPS) is 26.8. The van der Waals surface area contributed by atoms with E-state index in [4.69, 9.17) is 4.74 Å². The number of amides is 2. The van der Waals surface area contributed by atoms with Crippen molar-refractivity contribution in [1.82, 2.24) is 15.1 Å². The Morgan fingerprint density at radius 1 is 1.12 bits per heavy atom. The fourth-order valence-electron chi connectivity index (χ4n) is 3.95. The second-order valence-corrected chi connectivity index (χ2v) is 7.22. The van der Waals surface area contributed by atoms with Crippen molar-refractivity contribution >= 4 is 11.8 Å². The molecule has 2 aliphatic heterocycles. The number of benzene rings is 1. The molecule has 3 aliphatic rings. The summed E-state index contributed by atoms with van der Waals surface area (Å²) in [6, 6.07) is 9.81. The van der Waals surface area contributed by atoms with Crippen LogP contribution in [0, 0.1) is 5.92 Å². The zero-order valence-corrected chi connectivity index (χ0v) is 14.4. The molecule has 2 heterocycles. The lowest BCUT2D eigenvalue weighted by atomic mass is 10.0. The van der Waals surface area contributed by atoms with Gasteiger partial charge in [-0.3, -0.25) is 14.5 Å². The first-order valence-electron chi connectivity index (χ1n) is 9.17. The topological polar surface area (TPSA) is 61.9 Å². The van der Waals surface area contributed by atoms with Crippen LogP contribution in [0.2, 0.25) is 0 Å². The highest BCUT2D eigenvalue weighted by Gasteiger charge is 2.43. The molecule has 0 radical (unpaired) electrons. The lowest BCUT2D eigenvalue weighted by molar-refractivity contribution is -0.139. The number of hydrogen-bond donors (Lipinski definition) is 1. The maximum atomic E-state index is 12.5. The average molecular weight is 343 g/mol. The summed E-state index contributed by atoms with van der Waals surface area (Å²) in [6.07, 6.45) is 2.62. The van der Waals surface area contributed by atoms with E-state index < -0.39 is 0 Å². The molecular weight excluding hydrogens is 318 g/mol. The van der Waals surface area contributed by atoms with Crippen LogP contribution in [0.5, 0.6) is 0 Å². The highest BCUT2D eigenvalue weighted by molar-refractivity contribution is 5.96. The molecule has 25 heavy (non-hydrogen) atoms. The van der Waals surface area contributed by atoms with Crippen LogP contribution in [0.4, 0.5) is 0 Å². The number of carbonyl (C=O) groups excluding carboxylic acids is 2. The molecule has 6 nitrogen and oxygen atoms in total. The summed E-state index contributed by atoms with van der Waals surface area (Å²) in [7, 11) is 0. The molecule has 1 saturated carbocycles. The predicted octanol–water partition coefficient (Wildman–Crippen LogP) is 0.738. The van der Waals surface area contributed by atoms with Gasteiger partial charge in [-0.2, -0.15) is 0 Å². The maximum absolute atomic E-state index is 12.5. The third-order valence-corrected chi connectivity index (χ3v) is 5.51. The Morgan fingerprint density at radius 3 is 2.68 bits per heavy atom. The van der Waals surface area contributed by atoms with Crippen molar-refractivity contribution in [1.29, 1.82) is 0 Å². The van der Waals surface area contributed by atoms with Gasteiger partial charge in [0.05, 0.1) is 25.8 Å². The van der Waals surface area contributed by atoms with Gasteiger partial charge in [0.15, 0.2) is 0 Å². The van der Waals surface area contributed by atoms with Gasteiger partial charge < -0.3 is 15.0 Å². The Kier molecular flexibility index (Phi) is 4.72. The highest BCUT2D eigenvalue weighted by atomic mass is 16.5. The van der Waals surface area contributed by atoms with Gasteiger partial charge in [0, 0.05) is 31.2 Å². The lowest BCUT2D eigenvalue weighted by Crippen LogP contribution is -2.63. The highest BCUT2D eigenvalue weighted by Crippen LogP contribution is 2.38. The van der Waals surface area contributed by atoms with Crippen molar-refractivity contribution in [3.05, 3.63) is 35.9 Å². The molecule has 0 aromatic heterocycles. The number of piperazine rings is 1. The smallest absolute Gasteiger partial charge is 0.251 e. The third kappa shape index (κ3) is 3.70. The van der Waals surface area contributed by atoms with Crippen LogP contribution in [-0.2, 0) is 9.53 Å². The second kappa shape index (κ2) is 7.14. The summed E-state index contributed by atoms with van der Waals surface area (Å²) in [5.74, 6) is 0.565. The minimum Gasteiger partial charge on any atom is -0.378 e. The van der Waals surface area contributed by atoms with Crippen LogP contribution in [0.3, 0.4) is 0 Å². The molecule has 134 valence electrons. The molecule has 6 heteroatoms. The van der Waals surface area contributed by atoms with Gasteiger partial charge in [-0.1, -0.05) is 18.2 Å². The summed E-state index contributed by atoms with van der Waals surface area (Å²) < 4.78 is 5.79. The van der Waals surface area contributed by atoms with E-state index in [1.54, 1.807) is 12.1 Å². The quantitative estimate of drug-likeness (QED) is 0.876. The van der Waals surface area contributed by atoms with Crippen LogP contribution < -0.4 is 5.32 Å². The van der Waals surface area contributed by atoms with E-state index in [9.17, 15) is 9.59 Å². The molecule has 3 fully saturated rings. The number of fused-ring (bicyclic) bond motifs is 1. The Hall–Kier alpha value is -1.92. The van der Waals surface area contributed by atoms with Crippen LogP contribution in [0.15, 0.2) is 30.3 Å². The Balaban J connectivity index is 1.29. The minimum absolute atomic E-state index is 0.0162. The van der Waals surface area contributed by atoms with Crippen LogP contribution in [0.25, 0.3) is 0 Å². The van der Waals surface area contributed by atoms with Gasteiger partial charge in [0.25, 0.3) is 5.91 Å². The average Bonchev–Trinajstić information content (AvgIpc) is 3.50. The van der Waals surface area contributed by atoms with Gasteiger partial charge in [-0.05, 0) is 30.9 Å². The summed E-state index contributed by atoms with van der Waals surface area (Å²) >= 11 is 0. The van der Waals surface area contributed by atoms with E-state index in [0.717, 1.165) is 25.6 Å². The van der Waals surface area contributed by atoms with Crippen molar-refractivity contribution in [2.45, 2.75) is 24.9 Å². The maximum Gasteiger partial charge on any atom is 0.251 e. The standard InChI is InChI=1S/C19H25N3O3/c23-18(10-20-19(24)15-4-2-1-3-5-15)21-8-9-22-16(11-21)12-25-13-17(22)14-6-7-14/h1-5,14,16-17H,6-13H2,(H,20,24). The summed E-state index contributed by atoms with van der Waals surface area (Å²) in [5, 5.41) is 2.73. The second-order valence-electron chi connectivity index (χ2n) is 7.22. The molecule has 2 saturated heterocycles. The Morgan fingerprint density at radius 2 is 1.92 bits per heavy atom. The van der Waals surface area contributed by atoms with E-state index in [2.05, 4.69) is 10.2 Å². The SMILES string of the molecule is O=C(NCC(=O)N1CCN2C(COCC2C2CC2)C1)c1ccccc1. The number of rotatable bonds is 4. The third-order valence-electron chi connectivity index (χ3n) is 5.51. The zero-order chi connectivity index (χ0) is 17.2. The molecule has 1 N–H and O–H groups in total. The Bertz CT molecular complexity index is 632. The van der Waals surface area contributed by atoms with E-state index in [-0.39, 0.29) is 18.4 Å². The van der Waals surface area contributed by atoms with Gasteiger partial charge in [-0.15, -0.1) is 0 Å². The fraction of sp³-hybridized carbons (Fsp3) is 0.579. The molecule has 1 aromatic rings. The van der Waals surface area contributed by atoms with Crippen LogP contribution in [0.1, 0.15) is 23.2 Å². The number of nitrogens with one attached hydrogen (secondary N) is 1. The predicted molar refractivity (Wildman–Crippen MR) is 93.2 cm³/mol. The van der Waals surface area contributed by atoms with Crippen molar-refractivity contribution in [3.63, 3.8) is 0 Å². The Labute approximate surface area is 148 Å². The number of nitrogens with zero attached hydrogens (tertiary/aromatic N) is 2. The molecule has 2 unspecified atom stereocenters. The van der Waals surface area contributed by atoms with E-state index in [1.807, 2.05) is 23.1 Å². The fourth-order valence-corrected chi connectivity index (χ4v) is 3.95. The van der Waals surface area contributed by atoms with E-state index in [1.165, 1.54) is 12.8 Å². The first-order chi connectivity index (χ1) is 12.2. The molecule has 0 spiro atoms. The minimum atomic E-state index is -0.206. The molecule has 1 aromatic carbocycles. The van der Waals surface area contributed by atoms with Crippen molar-refractivity contribution in [2.24, 2.45) is 5.92 Å². The number of ether oxygens (including phenoxy) is 1. The van der Waals surface area contributed by atoms with Crippen molar-refractivity contribution in [2.75, 3.05) is 39.4 Å². The number of carbonyl (C=O) groups is 2. The van der Waals surface area contributed by atoms with Gasteiger partial charge in [0.2, 0.25) is 5.91 Å². The summed E-state index contributed by atoms with van der Waals surface area (Å²) in [6.45, 7) is 3.93. The molecule has 2 atom stereocenters. The van der Waals surface area contributed by atoms with Crippen molar-refractivity contribution < 1.29 is 14.3 Å². The molecule has 2 amide bonds. The molecule has 0 bridgehead atoms. The van der Waals surface area contributed by atoms with Gasteiger partial charge in [0.1, 0.15) is 0 Å². The first kappa shape index (κ1) is 16.5. The molecule has 1 aliphatic carbocycles. The monoisotopic (exact) mass is 343 g/mol. The zero-order valence-electron chi connectivity index (χ0n) is 14.4. The van der Waals surface area contributed by atoms with E-state index in [0.29, 0.717) is 30.8 Å². The van der Waals surface area contributed by atoms with Gasteiger partial charge in [-0.25, -0.2) is 0 Å². The lowest BCUT2D eigenvalue weighted by Gasteiger charge is -2.48. The van der Waals surface area contributed by atoms with Crippen LogP contribution in [-0.4, -0.2) is 73.1 Å². The largest absolute Gasteiger partial charge is 0.378 e. The molecular formula is C19H25N3O3. The van der Waals surface area contributed by atoms with Gasteiger partial charge >= 0.3 is 0 Å². The summed E-state index contributed by atoms with van der Waals surface area (Å²) in [4.78, 5) is 29.0.